The lowest BCUT2D eigenvalue weighted by Crippen LogP contribution is -2.17. The molecule has 0 atom stereocenters. The van der Waals surface area contributed by atoms with E-state index in [9.17, 15) is 15.8 Å². The van der Waals surface area contributed by atoms with Gasteiger partial charge in [-0.2, -0.15) is 29.0 Å². The van der Waals surface area contributed by atoms with Crippen molar-refractivity contribution in [1.82, 2.24) is 18.3 Å². The molecule has 0 unspecified atom stereocenters. The summed E-state index contributed by atoms with van der Waals surface area (Å²) in [5.41, 5.74) is 20.6. The lowest BCUT2D eigenvalue weighted by atomic mass is 9.95. The van der Waals surface area contributed by atoms with Crippen LogP contribution in [0.5, 0.6) is 0 Å². The van der Waals surface area contributed by atoms with E-state index in [4.69, 9.17) is 0 Å². The number of aryl methyl sites for hydroxylation is 8. The molecule has 0 saturated carbocycles. The monoisotopic (exact) mass is 1220 g/mol. The molecule has 4 heterocycles. The molecular weight excluding hydrogens is 1160 g/mol. The van der Waals surface area contributed by atoms with Gasteiger partial charge >= 0.3 is 6.18 Å². The maximum atomic E-state index is 16.3. The molecule has 0 aliphatic rings. The predicted molar refractivity (Wildman–Crippen MR) is 378 cm³/mol. The standard InChI is InChI=1S/C42H30F3N3.C42H30N4/c1-24-10-5-16-31-32-17-6-11-25(2)38(32)47(37(24)31)35-21-20-30(29-15-9-14-28(22-29)23-46)41(36(35)42(43,44)45)48-39-26(3)12-7-18-33(39)34-19-8-13-27(4)40(34)48;1-25-10-5-16-32-33-17-6-11-26(2)39(33)45(38(25)32)37-21-20-31(30-15-9-14-29(22-30)23-43)42(36(37)24-44)46-40-27(3)12-7-18-34(40)35-19-8-13-28(4)41(35)46/h5-22H,1-4H3;5-22H,1-4H3. The summed E-state index contributed by atoms with van der Waals surface area (Å²) in [7, 11) is 0. The molecule has 4 aromatic heterocycles. The maximum Gasteiger partial charge on any atom is 0.420 e. The van der Waals surface area contributed by atoms with Crippen LogP contribution in [0, 0.1) is 89.4 Å². The molecule has 0 aliphatic heterocycles. The Morgan fingerprint density at radius 3 is 0.851 bits per heavy atom. The summed E-state index contributed by atoms with van der Waals surface area (Å²) in [5.74, 6) is 0. The molecule has 7 nitrogen and oxygen atoms in total. The van der Waals surface area contributed by atoms with Gasteiger partial charge in [-0.25, -0.2) is 0 Å². The van der Waals surface area contributed by atoms with E-state index in [1.165, 1.54) is 10.8 Å². The van der Waals surface area contributed by atoms with Crippen molar-refractivity contribution in [3.63, 3.8) is 0 Å². The minimum Gasteiger partial charge on any atom is -0.308 e. The first-order valence-corrected chi connectivity index (χ1v) is 31.3. The first-order valence-electron chi connectivity index (χ1n) is 31.3. The zero-order valence-corrected chi connectivity index (χ0v) is 53.0. The van der Waals surface area contributed by atoms with Crippen LogP contribution in [0.4, 0.5) is 13.2 Å². The predicted octanol–water partition coefficient (Wildman–Crippen LogP) is 22.2. The van der Waals surface area contributed by atoms with Gasteiger partial charge in [0.25, 0.3) is 0 Å². The highest BCUT2D eigenvalue weighted by molar-refractivity contribution is 6.16. The van der Waals surface area contributed by atoms with Gasteiger partial charge in [-0.1, -0.05) is 182 Å². The molecule has 16 rings (SSSR count). The highest BCUT2D eigenvalue weighted by Gasteiger charge is 2.41. The molecule has 16 aromatic rings. The van der Waals surface area contributed by atoms with Crippen LogP contribution in [0.25, 0.3) is 132 Å². The summed E-state index contributed by atoms with van der Waals surface area (Å²) in [6, 6.07) is 78.5. The van der Waals surface area contributed by atoms with Crippen LogP contribution < -0.4 is 0 Å². The molecule has 94 heavy (non-hydrogen) atoms. The second-order valence-corrected chi connectivity index (χ2v) is 24.8. The number of rotatable bonds is 6. The molecule has 0 saturated heterocycles. The Labute approximate surface area is 541 Å². The van der Waals surface area contributed by atoms with Gasteiger partial charge in [-0.15, -0.1) is 0 Å². The van der Waals surface area contributed by atoms with Gasteiger partial charge in [0.15, 0.2) is 0 Å². The number of aromatic nitrogens is 4. The summed E-state index contributed by atoms with van der Waals surface area (Å²) in [5, 5.41) is 39.1. The van der Waals surface area contributed by atoms with Crippen LogP contribution in [0.15, 0.2) is 218 Å². The van der Waals surface area contributed by atoms with Gasteiger partial charge in [-0.05, 0) is 147 Å². The van der Waals surface area contributed by atoms with Gasteiger partial charge in [0.05, 0.1) is 90.1 Å². The number of nitriles is 3. The zero-order valence-electron chi connectivity index (χ0n) is 53.0. The van der Waals surface area contributed by atoms with Crippen molar-refractivity contribution in [2.45, 2.75) is 61.6 Å². The van der Waals surface area contributed by atoms with E-state index in [2.05, 4.69) is 140 Å². The lowest BCUT2D eigenvalue weighted by molar-refractivity contribution is -0.137. The molecule has 0 radical (unpaired) electrons. The average Bonchev–Trinajstić information content (AvgIpc) is 1.50. The first kappa shape index (κ1) is 58.5. The number of para-hydroxylation sites is 8. The van der Waals surface area contributed by atoms with Crippen LogP contribution in [-0.2, 0) is 6.18 Å². The highest BCUT2D eigenvalue weighted by Crippen LogP contribution is 2.50. The number of fused-ring (bicyclic) bond motifs is 12. The summed E-state index contributed by atoms with van der Waals surface area (Å²) < 4.78 is 57.0. The number of benzene rings is 12. The summed E-state index contributed by atoms with van der Waals surface area (Å²) in [6.07, 6.45) is -4.77. The summed E-state index contributed by atoms with van der Waals surface area (Å²) >= 11 is 0. The molecule has 10 heteroatoms. The van der Waals surface area contributed by atoms with E-state index < -0.39 is 11.7 Å². The van der Waals surface area contributed by atoms with E-state index in [0.717, 1.165) is 143 Å². The van der Waals surface area contributed by atoms with Crippen LogP contribution in [-0.4, -0.2) is 18.3 Å². The topological polar surface area (TPSA) is 91.1 Å². The van der Waals surface area contributed by atoms with Crippen LogP contribution in [0.3, 0.4) is 0 Å². The fourth-order valence-corrected chi connectivity index (χ4v) is 15.1. The second kappa shape index (κ2) is 22.2. The number of hydrogen-bond acceptors (Lipinski definition) is 3. The van der Waals surface area contributed by atoms with Crippen molar-refractivity contribution >= 4 is 87.2 Å². The summed E-state index contributed by atoms with van der Waals surface area (Å²) in [4.78, 5) is 0. The Morgan fingerprint density at radius 2 is 0.553 bits per heavy atom. The van der Waals surface area contributed by atoms with Gasteiger partial charge in [-0.3, -0.25) is 0 Å². The largest absolute Gasteiger partial charge is 0.420 e. The first-order chi connectivity index (χ1) is 45.5. The number of hydrogen-bond donors (Lipinski definition) is 0. The van der Waals surface area contributed by atoms with Crippen molar-refractivity contribution < 1.29 is 13.2 Å². The molecule has 0 bridgehead atoms. The smallest absolute Gasteiger partial charge is 0.308 e. The lowest BCUT2D eigenvalue weighted by Gasteiger charge is -2.25. The Morgan fingerprint density at radius 1 is 0.287 bits per heavy atom. The molecule has 0 spiro atoms. The quantitative estimate of drug-likeness (QED) is 0.166. The molecule has 0 amide bonds. The zero-order chi connectivity index (χ0) is 65.2. The number of nitrogens with zero attached hydrogens (tertiary/aromatic N) is 7. The Hall–Kier alpha value is -11.9. The Balaban J connectivity index is 0.000000155. The van der Waals surface area contributed by atoms with Crippen molar-refractivity contribution in [2.75, 3.05) is 0 Å². The molecule has 0 N–H and O–H groups in total. The van der Waals surface area contributed by atoms with Crippen molar-refractivity contribution in [1.29, 1.82) is 15.8 Å². The third kappa shape index (κ3) is 8.84. The molecule has 452 valence electrons. The van der Waals surface area contributed by atoms with Crippen LogP contribution in [0.1, 0.15) is 66.8 Å². The van der Waals surface area contributed by atoms with E-state index in [1.54, 1.807) is 36.4 Å². The van der Waals surface area contributed by atoms with E-state index in [0.29, 0.717) is 27.8 Å². The molecule has 12 aromatic carbocycles. The Kier molecular flexibility index (Phi) is 13.8. The van der Waals surface area contributed by atoms with Crippen molar-refractivity contribution in [3.05, 3.63) is 285 Å². The fourth-order valence-electron chi connectivity index (χ4n) is 15.1. The normalized spacial score (nSPS) is 11.7. The second-order valence-electron chi connectivity index (χ2n) is 24.8. The van der Waals surface area contributed by atoms with Crippen LogP contribution >= 0.6 is 0 Å². The number of halogens is 3. The van der Waals surface area contributed by atoms with Gasteiger partial charge in [0.2, 0.25) is 0 Å². The van der Waals surface area contributed by atoms with Gasteiger partial charge in [0, 0.05) is 54.2 Å². The summed E-state index contributed by atoms with van der Waals surface area (Å²) in [6.45, 7) is 16.3. The molecule has 0 aliphatic carbocycles. The third-order valence-electron chi connectivity index (χ3n) is 19.1. The fraction of sp³-hybridized carbons (Fsp3) is 0.107. The minimum absolute atomic E-state index is 0.0378. The average molecular weight is 1220 g/mol. The van der Waals surface area contributed by atoms with Crippen molar-refractivity contribution in [2.24, 2.45) is 0 Å². The third-order valence-corrected chi connectivity index (χ3v) is 19.1. The Bertz CT molecular complexity index is 5820. The minimum atomic E-state index is -4.77. The molecular formula is C84H60F3N7. The van der Waals surface area contributed by atoms with Crippen molar-refractivity contribution in [3.8, 4) is 63.2 Å². The van der Waals surface area contributed by atoms with E-state index in [-0.39, 0.29) is 11.4 Å². The molecule has 0 fully saturated rings. The van der Waals surface area contributed by atoms with E-state index in [1.807, 2.05) is 134 Å². The van der Waals surface area contributed by atoms with E-state index >= 15 is 13.2 Å². The maximum absolute atomic E-state index is 16.3. The van der Waals surface area contributed by atoms with Gasteiger partial charge < -0.3 is 18.3 Å². The van der Waals surface area contributed by atoms with Gasteiger partial charge in [0.1, 0.15) is 17.2 Å². The van der Waals surface area contributed by atoms with Crippen LogP contribution in [0.2, 0.25) is 0 Å². The highest BCUT2D eigenvalue weighted by atomic mass is 19.4. The number of alkyl halides is 3. The SMILES string of the molecule is Cc1cccc2c3cccc(C)c3n(-c3ccc(-c4cccc(C#N)c4)c(-n4c5c(C)cccc5c5cccc(C)c54)c3C#N)c12.Cc1cccc2c3cccc(C)c3n(-c3ccc(-c4cccc(C#N)c4)c(-n4c5c(C)cccc5c5cccc(C)c54)c3C(F)(F)F)c12.